The molecule has 11 nitrogen and oxygen atoms in total. The maximum atomic E-state index is 13.5. The van der Waals surface area contributed by atoms with Gasteiger partial charge >= 0.3 is 12.3 Å². The van der Waals surface area contributed by atoms with Gasteiger partial charge in [0.1, 0.15) is 22.0 Å². The zero-order chi connectivity index (χ0) is 33.8. The van der Waals surface area contributed by atoms with Crippen LogP contribution >= 0.6 is 22.4 Å². The van der Waals surface area contributed by atoms with Crippen molar-refractivity contribution in [2.75, 3.05) is 6.54 Å². The van der Waals surface area contributed by atoms with Gasteiger partial charge in [-0.2, -0.15) is 4.31 Å². The summed E-state index contributed by atoms with van der Waals surface area (Å²) in [5.74, 6) is -2.48. The molecule has 16 heteroatoms. The van der Waals surface area contributed by atoms with Gasteiger partial charge in [0.05, 0.1) is 18.0 Å². The van der Waals surface area contributed by atoms with Crippen LogP contribution in [-0.2, 0) is 31.2 Å². The van der Waals surface area contributed by atoms with E-state index in [1.54, 1.807) is 11.2 Å². The molecule has 0 radical (unpaired) electrons. The normalized spacial score (nSPS) is 19.0. The highest BCUT2D eigenvalue weighted by Gasteiger charge is 2.38. The Hall–Kier alpha value is -3.63. The van der Waals surface area contributed by atoms with Crippen molar-refractivity contribution in [3.63, 3.8) is 0 Å². The van der Waals surface area contributed by atoms with E-state index in [0.717, 1.165) is 29.5 Å². The summed E-state index contributed by atoms with van der Waals surface area (Å²) in [4.78, 5) is 16.6. The van der Waals surface area contributed by atoms with Gasteiger partial charge in [-0.15, -0.1) is 29.0 Å². The molecule has 4 aromatic rings. The highest BCUT2D eigenvalue weighted by atomic mass is 35.5. The zero-order valence-corrected chi connectivity index (χ0v) is 27.3. The monoisotopic (exact) mass is 695 g/mol. The van der Waals surface area contributed by atoms with Crippen molar-refractivity contribution < 1.29 is 41.7 Å². The Morgan fingerprint density at radius 3 is 2.70 bits per heavy atom. The number of hydrogen-bond donors (Lipinski definition) is 3. The van der Waals surface area contributed by atoms with E-state index in [1.165, 1.54) is 30.1 Å². The maximum absolute atomic E-state index is 13.5. The van der Waals surface area contributed by atoms with Crippen LogP contribution in [0.15, 0.2) is 35.4 Å². The Labute approximate surface area is 274 Å². The molecule has 0 saturated heterocycles. The van der Waals surface area contributed by atoms with Crippen LogP contribution in [0.4, 0.5) is 13.2 Å². The first-order valence-electron chi connectivity index (χ1n) is 15.0. The molecule has 1 aliphatic carbocycles. The molecule has 252 valence electrons. The Bertz CT molecular complexity index is 1870. The third kappa shape index (κ3) is 6.46. The fourth-order valence-corrected chi connectivity index (χ4v) is 8.38. The molecule has 3 N–H and O–H groups in total. The van der Waals surface area contributed by atoms with E-state index in [-0.39, 0.29) is 39.9 Å². The highest BCUT2D eigenvalue weighted by Crippen LogP contribution is 2.58. The summed E-state index contributed by atoms with van der Waals surface area (Å²) in [6.45, 7) is 3.82. The molecule has 0 amide bonds. The highest BCUT2D eigenvalue weighted by molar-refractivity contribution is 8.22. The number of carbonyl (C=O) groups is 1. The summed E-state index contributed by atoms with van der Waals surface area (Å²) >= 11 is 6.19. The number of pyridine rings is 1. The number of alkyl halides is 3. The maximum Gasteiger partial charge on any atom is 0.573 e. The van der Waals surface area contributed by atoms with Crippen molar-refractivity contribution in [3.05, 3.63) is 68.9 Å². The van der Waals surface area contributed by atoms with E-state index >= 15 is 0 Å². The number of carboxylic acid groups (broad SMARTS) is 1. The SMILES string of the molecule is CC[C@@H]1CN(Cc2cc([C@H](CC(=O)O)c3cc(OC(F)(F)F)c4c(nnn4C)c3C)cc3c2CCC3)S(O)(O)c2cc(Cl)cnc2O1. The molecule has 0 unspecified atom stereocenters. The van der Waals surface area contributed by atoms with Gasteiger partial charge in [0.15, 0.2) is 5.75 Å². The molecule has 6 rings (SSSR count). The number of rotatable bonds is 8. The van der Waals surface area contributed by atoms with Crippen molar-refractivity contribution >= 4 is 39.4 Å². The Kier molecular flexibility index (Phi) is 8.80. The minimum Gasteiger partial charge on any atom is -0.481 e. The van der Waals surface area contributed by atoms with Gasteiger partial charge in [-0.25, -0.2) is 9.67 Å². The van der Waals surface area contributed by atoms with Gasteiger partial charge in [-0.05, 0) is 78.1 Å². The molecule has 2 aliphatic rings. The second-order valence-corrected chi connectivity index (χ2v) is 14.2. The summed E-state index contributed by atoms with van der Waals surface area (Å²) in [6, 6.07) is 6.38. The summed E-state index contributed by atoms with van der Waals surface area (Å²) in [5, 5.41) is 18.2. The van der Waals surface area contributed by atoms with E-state index in [0.29, 0.717) is 29.5 Å². The minimum absolute atomic E-state index is 0.0289. The van der Waals surface area contributed by atoms with Gasteiger partial charge < -0.3 is 14.6 Å². The first-order chi connectivity index (χ1) is 22.2. The molecule has 2 aromatic carbocycles. The summed E-state index contributed by atoms with van der Waals surface area (Å²) in [6.07, 6.45) is -1.65. The first-order valence-corrected chi connectivity index (χ1v) is 16.8. The van der Waals surface area contributed by atoms with Crippen molar-refractivity contribution in [2.24, 2.45) is 7.05 Å². The molecule has 0 bridgehead atoms. The predicted octanol–water partition coefficient (Wildman–Crippen LogP) is 7.02. The van der Waals surface area contributed by atoms with Crippen LogP contribution in [0.5, 0.6) is 11.6 Å². The molecule has 47 heavy (non-hydrogen) atoms. The van der Waals surface area contributed by atoms with Crippen molar-refractivity contribution in [1.29, 1.82) is 0 Å². The Morgan fingerprint density at radius 2 is 2.00 bits per heavy atom. The number of carboxylic acids is 1. The number of nitrogens with zero attached hydrogens (tertiary/aromatic N) is 5. The van der Waals surface area contributed by atoms with Gasteiger partial charge in [-0.1, -0.05) is 35.9 Å². The van der Waals surface area contributed by atoms with Crippen LogP contribution in [0.2, 0.25) is 5.02 Å². The molecule has 0 fully saturated rings. The van der Waals surface area contributed by atoms with Crippen LogP contribution in [0, 0.1) is 6.92 Å². The number of aromatic nitrogens is 4. The summed E-state index contributed by atoms with van der Waals surface area (Å²) in [5.41, 5.74) is 4.27. The van der Waals surface area contributed by atoms with Crippen LogP contribution in [0.25, 0.3) is 11.0 Å². The lowest BCUT2D eigenvalue weighted by molar-refractivity contribution is -0.274. The summed E-state index contributed by atoms with van der Waals surface area (Å²) < 4.78 is 77.0. The molecule has 2 aromatic heterocycles. The molecule has 1 aliphatic heterocycles. The summed E-state index contributed by atoms with van der Waals surface area (Å²) in [7, 11) is -2.18. The Balaban J connectivity index is 1.48. The lowest BCUT2D eigenvalue weighted by Crippen LogP contribution is -2.34. The average molecular weight is 696 g/mol. The number of halogens is 4. The standard InChI is InChI=1S/C31H33ClF3N5O6S/c1-4-21-15-40(47(43,44)26-10-20(32)13-36-30(26)45-21)14-19-9-18(8-17-6-5-7-22(17)19)24(12-27(41)42)23-11-25(46-31(33,34)35)29-28(16(23)2)37-38-39(29)3/h8-11,13,21,24,43-44H,4-7,12,14-15H2,1-3H3,(H,41,42)/t21-,24+/m1/s1. The topological polar surface area (TPSA) is 143 Å². The smallest absolute Gasteiger partial charge is 0.481 e. The van der Waals surface area contributed by atoms with E-state index in [4.69, 9.17) is 16.3 Å². The average Bonchev–Trinajstić information content (AvgIpc) is 3.61. The van der Waals surface area contributed by atoms with Crippen LogP contribution < -0.4 is 9.47 Å². The molecule has 0 saturated carbocycles. The van der Waals surface area contributed by atoms with Crippen LogP contribution in [0.1, 0.15) is 65.5 Å². The minimum atomic E-state index is -5.01. The van der Waals surface area contributed by atoms with E-state index in [9.17, 15) is 32.2 Å². The second kappa shape index (κ2) is 12.4. The van der Waals surface area contributed by atoms with Crippen LogP contribution in [-0.4, -0.2) is 63.5 Å². The zero-order valence-electron chi connectivity index (χ0n) is 25.7. The van der Waals surface area contributed by atoms with Gasteiger partial charge in [0.25, 0.3) is 0 Å². The van der Waals surface area contributed by atoms with Gasteiger partial charge in [0, 0.05) is 25.7 Å². The number of aryl methyl sites for hydroxylation is 3. The predicted molar refractivity (Wildman–Crippen MR) is 168 cm³/mol. The number of fused-ring (bicyclic) bond motifs is 3. The van der Waals surface area contributed by atoms with E-state index in [1.807, 2.05) is 19.1 Å². The quantitative estimate of drug-likeness (QED) is 0.176. The van der Waals surface area contributed by atoms with Crippen molar-refractivity contribution in [3.8, 4) is 11.6 Å². The number of ether oxygens (including phenoxy) is 2. The Morgan fingerprint density at radius 1 is 1.23 bits per heavy atom. The fraction of sp³-hybridized carbons (Fsp3) is 0.419. The second-order valence-electron chi connectivity index (χ2n) is 11.8. The first kappa shape index (κ1) is 33.3. The largest absolute Gasteiger partial charge is 0.573 e. The van der Waals surface area contributed by atoms with Gasteiger partial charge in [-0.3, -0.25) is 13.9 Å². The van der Waals surface area contributed by atoms with E-state index in [2.05, 4.69) is 20.0 Å². The van der Waals surface area contributed by atoms with Crippen LogP contribution in [0.3, 0.4) is 0 Å². The molecule has 3 heterocycles. The number of benzene rings is 2. The van der Waals surface area contributed by atoms with Crippen molar-refractivity contribution in [1.82, 2.24) is 24.3 Å². The number of aliphatic carboxylic acids is 1. The van der Waals surface area contributed by atoms with Gasteiger partial charge in [0.2, 0.25) is 5.88 Å². The third-order valence-electron chi connectivity index (χ3n) is 8.77. The fourth-order valence-electron chi connectivity index (χ4n) is 6.57. The number of hydrogen-bond acceptors (Lipinski definition) is 9. The molecule has 0 spiro atoms. The van der Waals surface area contributed by atoms with E-state index < -0.39 is 47.3 Å². The molecule has 2 atom stereocenters. The molecular formula is C31H33ClF3N5O6S. The third-order valence-corrected chi connectivity index (χ3v) is 10.9. The lowest BCUT2D eigenvalue weighted by Gasteiger charge is -2.42. The van der Waals surface area contributed by atoms with Crippen molar-refractivity contribution in [2.45, 2.75) is 75.8 Å². The lowest BCUT2D eigenvalue weighted by atomic mass is 9.83. The molecular weight excluding hydrogens is 663 g/mol.